The van der Waals surface area contributed by atoms with Crippen molar-refractivity contribution in [1.82, 2.24) is 9.88 Å². The number of piperidine rings is 1. The fourth-order valence-corrected chi connectivity index (χ4v) is 3.98. The summed E-state index contributed by atoms with van der Waals surface area (Å²) in [7, 11) is 0. The van der Waals surface area contributed by atoms with Crippen molar-refractivity contribution in [2.75, 3.05) is 18.8 Å². The molecule has 2 N–H and O–H groups in total. The molecule has 6 heteroatoms. The molecule has 1 aromatic heterocycles. The summed E-state index contributed by atoms with van der Waals surface area (Å²) in [6, 6.07) is 13.3. The molecule has 1 fully saturated rings. The molecule has 0 radical (unpaired) electrons. The van der Waals surface area contributed by atoms with Gasteiger partial charge in [0.2, 0.25) is 0 Å². The number of ether oxygens (including phenoxy) is 1. The Morgan fingerprint density at radius 2 is 1.70 bits per heavy atom. The number of halogens is 2. The Morgan fingerprint density at radius 3 is 2.40 bits per heavy atom. The number of anilines is 1. The van der Waals surface area contributed by atoms with Crippen molar-refractivity contribution in [2.24, 2.45) is 0 Å². The van der Waals surface area contributed by atoms with Gasteiger partial charge in [-0.25, -0.2) is 8.78 Å². The van der Waals surface area contributed by atoms with Gasteiger partial charge in [-0.3, -0.25) is 9.88 Å². The number of aromatic nitrogens is 1. The molecule has 2 heterocycles. The van der Waals surface area contributed by atoms with Crippen LogP contribution in [-0.4, -0.2) is 23.0 Å². The maximum absolute atomic E-state index is 13.3. The van der Waals surface area contributed by atoms with E-state index in [4.69, 9.17) is 10.5 Å². The van der Waals surface area contributed by atoms with Gasteiger partial charge in [-0.15, -0.1) is 0 Å². The maximum atomic E-state index is 13.3. The molecule has 4 rings (SSSR count). The average molecular weight is 409 g/mol. The number of pyridine rings is 1. The monoisotopic (exact) mass is 409 g/mol. The van der Waals surface area contributed by atoms with E-state index in [1.54, 1.807) is 6.20 Å². The van der Waals surface area contributed by atoms with Gasteiger partial charge in [0.1, 0.15) is 11.5 Å². The van der Waals surface area contributed by atoms with E-state index in [1.165, 1.54) is 17.2 Å². The Bertz CT molecular complexity index is 1020. The fraction of sp³-hybridized carbons (Fsp3) is 0.292. The van der Waals surface area contributed by atoms with Crippen LogP contribution in [0.15, 0.2) is 54.7 Å². The summed E-state index contributed by atoms with van der Waals surface area (Å²) >= 11 is 0. The smallest absolute Gasteiger partial charge is 0.162 e. The van der Waals surface area contributed by atoms with Crippen molar-refractivity contribution in [3.63, 3.8) is 0 Å². The van der Waals surface area contributed by atoms with Crippen LogP contribution in [0.5, 0.6) is 11.5 Å². The number of benzene rings is 2. The molecule has 1 aliphatic rings. The van der Waals surface area contributed by atoms with Crippen molar-refractivity contribution in [3.8, 4) is 11.5 Å². The van der Waals surface area contributed by atoms with E-state index < -0.39 is 11.6 Å². The van der Waals surface area contributed by atoms with E-state index in [9.17, 15) is 8.78 Å². The molecule has 0 spiro atoms. The first-order valence-electron chi connectivity index (χ1n) is 10.1. The third-order valence-corrected chi connectivity index (χ3v) is 5.63. The highest BCUT2D eigenvalue weighted by Gasteiger charge is 2.22. The number of likely N-dealkylation sites (tertiary alicyclic amines) is 1. The second-order valence-corrected chi connectivity index (χ2v) is 7.82. The number of nitrogens with two attached hydrogens (primary N) is 1. The summed E-state index contributed by atoms with van der Waals surface area (Å²) < 4.78 is 31.9. The van der Waals surface area contributed by atoms with Crippen molar-refractivity contribution < 1.29 is 13.5 Å². The molecule has 0 saturated carbocycles. The zero-order valence-electron chi connectivity index (χ0n) is 16.9. The van der Waals surface area contributed by atoms with E-state index in [0.717, 1.165) is 56.0 Å². The normalized spacial score (nSPS) is 15.3. The Hall–Kier alpha value is -2.99. The topological polar surface area (TPSA) is 51.4 Å². The molecular weight excluding hydrogens is 384 g/mol. The summed E-state index contributed by atoms with van der Waals surface area (Å²) in [4.78, 5) is 6.84. The first-order valence-corrected chi connectivity index (χ1v) is 10.1. The fourth-order valence-electron chi connectivity index (χ4n) is 3.98. The van der Waals surface area contributed by atoms with E-state index in [1.807, 2.05) is 31.2 Å². The summed E-state index contributed by atoms with van der Waals surface area (Å²) in [6.07, 6.45) is 3.89. The Kier molecular flexibility index (Phi) is 5.95. The molecule has 2 aromatic carbocycles. The van der Waals surface area contributed by atoms with Crippen molar-refractivity contribution in [1.29, 1.82) is 0 Å². The van der Waals surface area contributed by atoms with Crippen LogP contribution in [-0.2, 0) is 6.54 Å². The summed E-state index contributed by atoms with van der Waals surface area (Å²) in [5, 5.41) is 0. The number of hydrogen-bond acceptors (Lipinski definition) is 4. The van der Waals surface area contributed by atoms with E-state index >= 15 is 0 Å². The molecule has 0 amide bonds. The highest BCUT2D eigenvalue weighted by atomic mass is 19.2. The molecule has 30 heavy (non-hydrogen) atoms. The lowest BCUT2D eigenvalue weighted by molar-refractivity contribution is 0.204. The number of nitrogen functional groups attached to an aromatic ring is 1. The third-order valence-electron chi connectivity index (χ3n) is 5.63. The first-order chi connectivity index (χ1) is 14.5. The molecule has 0 atom stereocenters. The van der Waals surface area contributed by atoms with Gasteiger partial charge in [0.05, 0.1) is 11.9 Å². The first kappa shape index (κ1) is 20.3. The van der Waals surface area contributed by atoms with E-state index in [0.29, 0.717) is 11.7 Å². The second kappa shape index (κ2) is 8.79. The lowest BCUT2D eigenvalue weighted by Crippen LogP contribution is -2.32. The molecule has 156 valence electrons. The lowest BCUT2D eigenvalue weighted by Gasteiger charge is -2.32. The van der Waals surface area contributed by atoms with E-state index in [2.05, 4.69) is 16.0 Å². The summed E-state index contributed by atoms with van der Waals surface area (Å²) in [5.74, 6) is -0.437. The van der Waals surface area contributed by atoms with Crippen molar-refractivity contribution in [3.05, 3.63) is 83.2 Å². The van der Waals surface area contributed by atoms with Gasteiger partial charge in [0.15, 0.2) is 11.6 Å². The highest BCUT2D eigenvalue weighted by Crippen LogP contribution is 2.31. The van der Waals surface area contributed by atoms with Gasteiger partial charge in [0, 0.05) is 18.3 Å². The molecule has 3 aromatic rings. The van der Waals surface area contributed by atoms with Crippen molar-refractivity contribution in [2.45, 2.75) is 32.2 Å². The van der Waals surface area contributed by atoms with Crippen LogP contribution in [0.1, 0.15) is 35.6 Å². The van der Waals surface area contributed by atoms with Gasteiger partial charge < -0.3 is 10.5 Å². The Balaban J connectivity index is 1.32. The number of aryl methyl sites for hydroxylation is 1. The minimum absolute atomic E-state index is 0.273. The Labute approximate surface area is 175 Å². The number of hydrogen-bond donors (Lipinski definition) is 1. The standard InChI is InChI=1S/C24H25F2N3O/c1-16-22(12-19(27)14-28-16)18-8-10-29(11-9-18)15-17-2-4-20(5-3-17)30-21-6-7-23(25)24(26)13-21/h2-7,12-14,18H,8-11,15,27H2,1H3. The minimum Gasteiger partial charge on any atom is -0.457 e. The van der Waals surface area contributed by atoms with Gasteiger partial charge in [-0.05, 0) is 80.2 Å². The summed E-state index contributed by atoms with van der Waals surface area (Å²) in [6.45, 7) is 4.95. The summed E-state index contributed by atoms with van der Waals surface area (Å²) in [5.41, 5.74) is 10.2. The predicted octanol–water partition coefficient (Wildman–Crippen LogP) is 5.42. The van der Waals surface area contributed by atoms with Crippen LogP contribution in [0.4, 0.5) is 14.5 Å². The second-order valence-electron chi connectivity index (χ2n) is 7.82. The van der Waals surface area contributed by atoms with Crippen LogP contribution in [0.2, 0.25) is 0 Å². The predicted molar refractivity (Wildman–Crippen MR) is 114 cm³/mol. The largest absolute Gasteiger partial charge is 0.457 e. The maximum Gasteiger partial charge on any atom is 0.162 e. The average Bonchev–Trinajstić information content (AvgIpc) is 2.75. The molecule has 0 bridgehead atoms. The van der Waals surface area contributed by atoms with Gasteiger partial charge in [-0.2, -0.15) is 0 Å². The van der Waals surface area contributed by atoms with Gasteiger partial charge >= 0.3 is 0 Å². The van der Waals surface area contributed by atoms with Crippen LogP contribution in [0, 0.1) is 18.6 Å². The van der Waals surface area contributed by atoms with Crippen LogP contribution in [0.25, 0.3) is 0 Å². The Morgan fingerprint density at radius 1 is 1.00 bits per heavy atom. The molecule has 4 nitrogen and oxygen atoms in total. The minimum atomic E-state index is -0.920. The van der Waals surface area contributed by atoms with Gasteiger partial charge in [-0.1, -0.05) is 12.1 Å². The zero-order chi connectivity index (χ0) is 21.1. The molecule has 0 unspecified atom stereocenters. The number of nitrogens with zero attached hydrogens (tertiary/aromatic N) is 2. The van der Waals surface area contributed by atoms with Crippen LogP contribution >= 0.6 is 0 Å². The SMILES string of the molecule is Cc1ncc(N)cc1C1CCN(Cc2ccc(Oc3ccc(F)c(F)c3)cc2)CC1. The van der Waals surface area contributed by atoms with E-state index in [-0.39, 0.29) is 5.75 Å². The zero-order valence-corrected chi connectivity index (χ0v) is 16.9. The van der Waals surface area contributed by atoms with Gasteiger partial charge in [0.25, 0.3) is 0 Å². The highest BCUT2D eigenvalue weighted by molar-refractivity contribution is 5.41. The van der Waals surface area contributed by atoms with Crippen LogP contribution in [0.3, 0.4) is 0 Å². The number of rotatable bonds is 5. The molecule has 1 saturated heterocycles. The molecule has 1 aliphatic heterocycles. The van der Waals surface area contributed by atoms with Crippen molar-refractivity contribution >= 4 is 5.69 Å². The van der Waals surface area contributed by atoms with Crippen LogP contribution < -0.4 is 10.5 Å². The molecular formula is C24H25F2N3O. The molecule has 0 aliphatic carbocycles. The third kappa shape index (κ3) is 4.76. The quantitative estimate of drug-likeness (QED) is 0.611. The lowest BCUT2D eigenvalue weighted by atomic mass is 9.88.